The average molecular weight is 207 g/mol. The van der Waals surface area contributed by atoms with E-state index in [-0.39, 0.29) is 0 Å². The average Bonchev–Trinajstić information content (AvgIpc) is 1.99. The molecule has 0 aromatic carbocycles. The highest BCUT2D eigenvalue weighted by Crippen LogP contribution is 2.12. The largest absolute Gasteiger partial charge is 0.335 e. The van der Waals surface area contributed by atoms with E-state index in [4.69, 9.17) is 8.42 Å². The maximum Gasteiger partial charge on any atom is 0.335 e. The van der Waals surface area contributed by atoms with Gasteiger partial charge in [-0.3, -0.25) is 4.90 Å². The van der Waals surface area contributed by atoms with Gasteiger partial charge in [0, 0.05) is 5.54 Å². The Bertz CT molecular complexity index is 148. The van der Waals surface area contributed by atoms with Crippen molar-refractivity contribution in [1.82, 2.24) is 4.90 Å². The summed E-state index contributed by atoms with van der Waals surface area (Å²) in [6.07, 6.45) is 1.26. The van der Waals surface area contributed by atoms with E-state index in [0.717, 1.165) is 6.54 Å². The van der Waals surface area contributed by atoms with Crippen LogP contribution in [0.2, 0.25) is 0 Å². The third-order valence-corrected chi connectivity index (χ3v) is 1.82. The summed E-state index contributed by atoms with van der Waals surface area (Å²) < 4.78 is 16.6. The number of rotatable bonds is 3. The maximum absolute atomic E-state index is 8.29. The third-order valence-electron chi connectivity index (χ3n) is 1.82. The van der Waals surface area contributed by atoms with Gasteiger partial charge in [0.25, 0.3) is 0 Å². The van der Waals surface area contributed by atoms with Crippen molar-refractivity contribution in [1.29, 1.82) is 0 Å². The van der Waals surface area contributed by atoms with Crippen molar-refractivity contribution in [3.05, 3.63) is 0 Å². The fraction of sp³-hybridized carbons (Fsp3) is 1.00. The molecule has 0 aromatic rings. The van der Waals surface area contributed by atoms with Crippen LogP contribution in [0.25, 0.3) is 0 Å². The summed E-state index contributed by atoms with van der Waals surface area (Å²) >= 11 is -0.750. The molecule has 0 rings (SSSR count). The molecule has 0 aliphatic carbocycles. The zero-order valence-electron chi connectivity index (χ0n) is 9.29. The second-order valence-corrected chi connectivity index (χ2v) is 3.95. The van der Waals surface area contributed by atoms with Crippen molar-refractivity contribution in [2.75, 3.05) is 13.1 Å². The van der Waals surface area contributed by atoms with Crippen molar-refractivity contribution in [2.24, 2.45) is 0 Å². The monoisotopic (exact) mass is 207 g/mol. The van der Waals surface area contributed by atoms with Crippen LogP contribution < -0.4 is 0 Å². The van der Waals surface area contributed by atoms with Crippen LogP contribution in [0.4, 0.5) is 0 Å². The van der Waals surface area contributed by atoms with Crippen LogP contribution in [0, 0.1) is 0 Å². The highest BCUT2D eigenvalue weighted by Gasteiger charge is 2.17. The predicted molar refractivity (Wildman–Crippen MR) is 56.2 cm³/mol. The minimum Gasteiger partial charge on any atom is -0.299 e. The van der Waals surface area contributed by atoms with Crippen LogP contribution in [-0.4, -0.2) is 31.9 Å². The quantitative estimate of drug-likeness (QED) is 0.708. The van der Waals surface area contributed by atoms with Gasteiger partial charge < -0.3 is 0 Å². The van der Waals surface area contributed by atoms with Crippen molar-refractivity contribution in [3.63, 3.8) is 0 Å². The smallest absolute Gasteiger partial charge is 0.299 e. The Morgan fingerprint density at radius 2 is 1.54 bits per heavy atom. The zero-order valence-corrected chi connectivity index (χ0v) is 10.1. The number of hydrogen-bond donors (Lipinski definition) is 0. The summed E-state index contributed by atoms with van der Waals surface area (Å²) in [5, 5.41) is 0. The van der Waals surface area contributed by atoms with Crippen molar-refractivity contribution in [2.45, 2.75) is 46.6 Å². The lowest BCUT2D eigenvalue weighted by atomic mass is 10.1. The molecule has 80 valence electrons. The van der Waals surface area contributed by atoms with Gasteiger partial charge in [0.1, 0.15) is 0 Å². The first-order valence-corrected chi connectivity index (χ1v) is 5.27. The van der Waals surface area contributed by atoms with Gasteiger partial charge in [0.15, 0.2) is 0 Å². The Kier molecular flexibility index (Phi) is 9.84. The Hall–Kier alpha value is -0.220. The summed E-state index contributed by atoms with van der Waals surface area (Å²) in [7, 11) is 0. The van der Waals surface area contributed by atoms with Gasteiger partial charge in [-0.15, -0.1) is 0 Å². The molecule has 0 amide bonds. The Labute approximate surface area is 85.1 Å². The highest BCUT2D eigenvalue weighted by atomic mass is 32.1. The molecule has 0 heterocycles. The van der Waals surface area contributed by atoms with Gasteiger partial charge in [0.2, 0.25) is 0 Å². The minimum atomic E-state index is -0.750. The fourth-order valence-electron chi connectivity index (χ4n) is 1.24. The molecular formula is C9H21NO2S. The van der Waals surface area contributed by atoms with E-state index in [2.05, 4.69) is 39.5 Å². The molecule has 0 saturated heterocycles. The number of nitrogens with zero attached hydrogens (tertiary/aromatic N) is 1. The Morgan fingerprint density at radius 1 is 1.15 bits per heavy atom. The van der Waals surface area contributed by atoms with E-state index >= 15 is 0 Å². The molecule has 0 aromatic heterocycles. The molecule has 0 atom stereocenters. The molecular weight excluding hydrogens is 186 g/mol. The summed E-state index contributed by atoms with van der Waals surface area (Å²) in [6.45, 7) is 13.6. The Morgan fingerprint density at radius 3 is 1.62 bits per heavy atom. The summed E-state index contributed by atoms with van der Waals surface area (Å²) in [5.74, 6) is 0. The van der Waals surface area contributed by atoms with E-state index in [9.17, 15) is 0 Å². The summed E-state index contributed by atoms with van der Waals surface area (Å²) in [5.41, 5.74) is 0.352. The Balaban J connectivity index is 0. The molecule has 0 N–H and O–H groups in total. The van der Waals surface area contributed by atoms with E-state index in [1.165, 1.54) is 13.0 Å². The fourth-order valence-corrected chi connectivity index (χ4v) is 1.24. The lowest BCUT2D eigenvalue weighted by molar-refractivity contribution is 0.145. The first kappa shape index (κ1) is 15.3. The highest BCUT2D eigenvalue weighted by molar-refractivity contribution is 7.51. The summed E-state index contributed by atoms with van der Waals surface area (Å²) in [6, 6.07) is 0. The normalized spacial score (nSPS) is 10.6. The van der Waals surface area contributed by atoms with Crippen molar-refractivity contribution >= 4 is 11.6 Å². The lowest BCUT2D eigenvalue weighted by Gasteiger charge is -2.34. The molecule has 0 bridgehead atoms. The molecule has 0 fully saturated rings. The second-order valence-electron chi connectivity index (χ2n) is 3.82. The van der Waals surface area contributed by atoms with E-state index < -0.39 is 11.6 Å². The van der Waals surface area contributed by atoms with Crippen LogP contribution in [-0.2, 0) is 11.6 Å². The lowest BCUT2D eigenvalue weighted by Crippen LogP contribution is -2.41. The van der Waals surface area contributed by atoms with Gasteiger partial charge in [0.05, 0.1) is 0 Å². The molecule has 0 radical (unpaired) electrons. The van der Waals surface area contributed by atoms with Crippen molar-refractivity contribution in [3.8, 4) is 0 Å². The second kappa shape index (κ2) is 8.38. The first-order chi connectivity index (χ1) is 5.93. The maximum atomic E-state index is 8.29. The van der Waals surface area contributed by atoms with Gasteiger partial charge in [-0.1, -0.05) is 13.8 Å². The molecule has 0 saturated carbocycles. The van der Waals surface area contributed by atoms with Gasteiger partial charge in [-0.2, -0.15) is 8.42 Å². The zero-order chi connectivity index (χ0) is 10.9. The minimum absolute atomic E-state index is 0.352. The molecule has 4 heteroatoms. The van der Waals surface area contributed by atoms with Crippen LogP contribution in [0.5, 0.6) is 0 Å². The molecule has 0 aliphatic heterocycles. The topological polar surface area (TPSA) is 37.4 Å². The van der Waals surface area contributed by atoms with E-state index in [1.807, 2.05) is 0 Å². The van der Waals surface area contributed by atoms with Crippen LogP contribution in [0.15, 0.2) is 0 Å². The molecule has 0 spiro atoms. The van der Waals surface area contributed by atoms with Crippen LogP contribution in [0.3, 0.4) is 0 Å². The van der Waals surface area contributed by atoms with E-state index in [0.29, 0.717) is 5.54 Å². The van der Waals surface area contributed by atoms with Crippen molar-refractivity contribution < 1.29 is 8.42 Å². The third kappa shape index (κ3) is 9.70. The molecule has 0 aliphatic rings. The molecule has 0 unspecified atom stereocenters. The standard InChI is InChI=1S/C9H21N.O2S/c1-6-8-10(7-2)9(3,4)5;1-3-2/h6-8H2,1-5H3;. The van der Waals surface area contributed by atoms with Gasteiger partial charge in [-0.25, -0.2) is 0 Å². The van der Waals surface area contributed by atoms with Crippen LogP contribution >= 0.6 is 0 Å². The SMILES string of the molecule is CCCN(CC)C(C)(C)C.O=S=O. The summed E-state index contributed by atoms with van der Waals surface area (Å²) in [4.78, 5) is 2.49. The van der Waals surface area contributed by atoms with Gasteiger partial charge in [-0.05, 0) is 40.3 Å². The molecule has 3 nitrogen and oxygen atoms in total. The first-order valence-electron chi connectivity index (χ1n) is 4.60. The molecule has 13 heavy (non-hydrogen) atoms. The number of hydrogen-bond acceptors (Lipinski definition) is 3. The van der Waals surface area contributed by atoms with Gasteiger partial charge >= 0.3 is 11.6 Å². The van der Waals surface area contributed by atoms with Crippen LogP contribution in [0.1, 0.15) is 41.0 Å². The van der Waals surface area contributed by atoms with E-state index in [1.54, 1.807) is 0 Å². The predicted octanol–water partition coefficient (Wildman–Crippen LogP) is 1.85.